The number of pyridine rings is 1. The second-order valence-corrected chi connectivity index (χ2v) is 9.82. The third-order valence-electron chi connectivity index (χ3n) is 7.25. The number of nitrogens with zero attached hydrogens (tertiary/aromatic N) is 2. The van der Waals surface area contributed by atoms with Crippen molar-refractivity contribution in [2.75, 3.05) is 12.0 Å². The van der Waals surface area contributed by atoms with Crippen molar-refractivity contribution in [3.63, 3.8) is 0 Å². The van der Waals surface area contributed by atoms with E-state index in [9.17, 15) is 14.8 Å². The second kappa shape index (κ2) is 11.7. The summed E-state index contributed by atoms with van der Waals surface area (Å²) in [6.45, 7) is 0. The van der Waals surface area contributed by atoms with E-state index in [4.69, 9.17) is 4.74 Å². The number of hydrogen-bond acceptors (Lipinski definition) is 6. The highest BCUT2D eigenvalue weighted by atomic mass is 16.5. The Morgan fingerprint density at radius 3 is 2.12 bits per heavy atom. The van der Waals surface area contributed by atoms with E-state index in [1.807, 2.05) is 54.6 Å². The smallest absolute Gasteiger partial charge is 0.464 e. The lowest BCUT2D eigenvalue weighted by atomic mass is 9.78. The Bertz CT molecular complexity index is 1870. The van der Waals surface area contributed by atoms with E-state index in [0.29, 0.717) is 5.56 Å². The molecule has 6 aromatic rings. The fourth-order valence-corrected chi connectivity index (χ4v) is 5.19. The number of methoxy groups -OCH3 is 1. The Morgan fingerprint density at radius 2 is 1.36 bits per heavy atom. The van der Waals surface area contributed by atoms with Crippen LogP contribution in [0, 0.1) is 0 Å². The van der Waals surface area contributed by atoms with Crippen LogP contribution in [-0.2, 0) is 4.74 Å². The number of esters is 1. The number of carbonyl (C=O) groups excluding carboxylic acids is 1. The van der Waals surface area contributed by atoms with Crippen molar-refractivity contribution in [2.24, 2.45) is 0 Å². The molecule has 0 aliphatic heterocycles. The summed E-state index contributed by atoms with van der Waals surface area (Å²) >= 11 is 0. The largest absolute Gasteiger partial charge is 0.490 e. The molecule has 0 saturated carbocycles. The standard InChI is InChI=1S/C35H27BN2O4/c1-42-35(39)34-32(36(40)41)22-28(23-37-34)25-17-19-29(20-18-25)38(33-16-8-12-26-11-5-6-15-31(26)33)30-14-7-13-27(21-30)24-9-3-2-4-10-24/h2-23,40-41H,1H3. The molecule has 6 nitrogen and oxygen atoms in total. The van der Waals surface area contributed by atoms with Crippen LogP contribution < -0.4 is 10.4 Å². The van der Waals surface area contributed by atoms with E-state index in [-0.39, 0.29) is 11.2 Å². The van der Waals surface area contributed by atoms with Gasteiger partial charge in [-0.05, 0) is 58.0 Å². The quantitative estimate of drug-likeness (QED) is 0.174. The highest BCUT2D eigenvalue weighted by Gasteiger charge is 2.24. The average molecular weight is 550 g/mol. The maximum atomic E-state index is 12.1. The van der Waals surface area contributed by atoms with E-state index in [0.717, 1.165) is 44.5 Å². The Hall–Kier alpha value is -5.24. The third-order valence-corrected chi connectivity index (χ3v) is 7.25. The van der Waals surface area contributed by atoms with Gasteiger partial charge in [-0.25, -0.2) is 9.78 Å². The number of benzene rings is 5. The lowest BCUT2D eigenvalue weighted by Crippen LogP contribution is -2.36. The lowest BCUT2D eigenvalue weighted by Gasteiger charge is -2.27. The van der Waals surface area contributed by atoms with E-state index in [1.165, 1.54) is 13.3 Å². The summed E-state index contributed by atoms with van der Waals surface area (Å²) in [6.07, 6.45) is 1.53. The maximum absolute atomic E-state index is 12.1. The van der Waals surface area contributed by atoms with Gasteiger partial charge in [0.05, 0.1) is 12.8 Å². The molecule has 2 N–H and O–H groups in total. The van der Waals surface area contributed by atoms with Gasteiger partial charge < -0.3 is 19.7 Å². The molecule has 0 atom stereocenters. The molecule has 0 fully saturated rings. The highest BCUT2D eigenvalue weighted by molar-refractivity contribution is 6.60. The normalized spacial score (nSPS) is 10.8. The van der Waals surface area contributed by atoms with Crippen molar-refractivity contribution in [3.8, 4) is 22.3 Å². The minimum atomic E-state index is -1.87. The van der Waals surface area contributed by atoms with Crippen LogP contribution in [0.2, 0.25) is 0 Å². The van der Waals surface area contributed by atoms with Gasteiger partial charge >= 0.3 is 13.1 Å². The molecule has 1 aromatic heterocycles. The van der Waals surface area contributed by atoms with Crippen LogP contribution in [0.1, 0.15) is 10.5 Å². The van der Waals surface area contributed by atoms with Gasteiger partial charge in [0.15, 0.2) is 0 Å². The van der Waals surface area contributed by atoms with Gasteiger partial charge in [0.25, 0.3) is 0 Å². The molecule has 7 heteroatoms. The zero-order valence-corrected chi connectivity index (χ0v) is 22.9. The molecule has 0 radical (unpaired) electrons. The summed E-state index contributed by atoms with van der Waals surface area (Å²) in [5.41, 5.74) is 6.55. The van der Waals surface area contributed by atoms with Gasteiger partial charge in [-0.3, -0.25) is 0 Å². The minimum Gasteiger partial charge on any atom is -0.464 e. The average Bonchev–Trinajstić information content (AvgIpc) is 3.05. The topological polar surface area (TPSA) is 82.9 Å². The van der Waals surface area contributed by atoms with Crippen molar-refractivity contribution in [1.29, 1.82) is 0 Å². The lowest BCUT2D eigenvalue weighted by molar-refractivity contribution is 0.0595. The van der Waals surface area contributed by atoms with Crippen molar-refractivity contribution in [1.82, 2.24) is 4.98 Å². The molecule has 0 spiro atoms. The van der Waals surface area contributed by atoms with E-state index < -0.39 is 13.1 Å². The molecule has 0 bridgehead atoms. The molecular weight excluding hydrogens is 523 g/mol. The van der Waals surface area contributed by atoms with Gasteiger partial charge in [0, 0.05) is 28.4 Å². The van der Waals surface area contributed by atoms with Crippen molar-refractivity contribution >= 4 is 46.4 Å². The van der Waals surface area contributed by atoms with Crippen LogP contribution in [0.15, 0.2) is 134 Å². The first-order valence-electron chi connectivity index (χ1n) is 13.5. The van der Waals surface area contributed by atoms with Gasteiger partial charge in [-0.2, -0.15) is 0 Å². The summed E-state index contributed by atoms with van der Waals surface area (Å²) in [5.74, 6) is -0.733. The van der Waals surface area contributed by atoms with Crippen molar-refractivity contribution < 1.29 is 19.6 Å². The van der Waals surface area contributed by atoms with Crippen LogP contribution in [0.5, 0.6) is 0 Å². The molecule has 204 valence electrons. The third kappa shape index (κ3) is 5.26. The molecule has 5 aromatic carbocycles. The van der Waals surface area contributed by atoms with Crippen LogP contribution in [0.4, 0.5) is 17.1 Å². The first-order valence-corrected chi connectivity index (χ1v) is 13.5. The van der Waals surface area contributed by atoms with Crippen LogP contribution in [0.3, 0.4) is 0 Å². The fraction of sp³-hybridized carbons (Fsp3) is 0.0286. The summed E-state index contributed by atoms with van der Waals surface area (Å²) in [7, 11) is -0.647. The zero-order valence-electron chi connectivity index (χ0n) is 22.9. The molecule has 0 saturated heterocycles. The molecule has 0 aliphatic carbocycles. The zero-order chi connectivity index (χ0) is 29.1. The molecule has 0 unspecified atom stereocenters. The molecule has 0 amide bonds. The summed E-state index contributed by atoms with van der Waals surface area (Å²) < 4.78 is 4.74. The highest BCUT2D eigenvalue weighted by Crippen LogP contribution is 2.40. The summed E-state index contributed by atoms with van der Waals surface area (Å²) in [5, 5.41) is 22.0. The Morgan fingerprint density at radius 1 is 0.690 bits per heavy atom. The van der Waals surface area contributed by atoms with Crippen molar-refractivity contribution in [3.05, 3.63) is 139 Å². The number of carbonyl (C=O) groups is 1. The summed E-state index contributed by atoms with van der Waals surface area (Å²) in [6, 6.07) is 42.9. The first-order chi connectivity index (χ1) is 20.5. The van der Waals surface area contributed by atoms with Gasteiger partial charge in [-0.15, -0.1) is 0 Å². The predicted octanol–water partition coefficient (Wildman–Crippen LogP) is 6.51. The molecule has 1 heterocycles. The monoisotopic (exact) mass is 550 g/mol. The van der Waals surface area contributed by atoms with Crippen LogP contribution in [0.25, 0.3) is 33.0 Å². The van der Waals surface area contributed by atoms with Gasteiger partial charge in [-0.1, -0.05) is 97.1 Å². The fourth-order valence-electron chi connectivity index (χ4n) is 5.19. The van der Waals surface area contributed by atoms with Gasteiger partial charge in [0.1, 0.15) is 5.69 Å². The number of rotatable bonds is 7. The second-order valence-electron chi connectivity index (χ2n) is 9.82. The first kappa shape index (κ1) is 27.0. The molecule has 42 heavy (non-hydrogen) atoms. The van der Waals surface area contributed by atoms with E-state index >= 15 is 0 Å². The number of aromatic nitrogens is 1. The number of ether oxygens (including phenoxy) is 1. The number of anilines is 3. The molecular formula is C35H27BN2O4. The molecule has 0 aliphatic rings. The predicted molar refractivity (Wildman–Crippen MR) is 168 cm³/mol. The Balaban J connectivity index is 1.46. The van der Waals surface area contributed by atoms with E-state index in [2.05, 4.69) is 76.6 Å². The molecule has 6 rings (SSSR count). The Kier molecular flexibility index (Phi) is 7.51. The van der Waals surface area contributed by atoms with Crippen LogP contribution in [-0.4, -0.2) is 35.2 Å². The minimum absolute atomic E-state index is 0.0152. The Labute approximate surface area is 244 Å². The van der Waals surface area contributed by atoms with E-state index in [1.54, 1.807) is 6.07 Å². The summed E-state index contributed by atoms with van der Waals surface area (Å²) in [4.78, 5) is 18.5. The van der Waals surface area contributed by atoms with Crippen molar-refractivity contribution in [2.45, 2.75) is 0 Å². The van der Waals surface area contributed by atoms with Gasteiger partial charge in [0.2, 0.25) is 0 Å². The number of hydrogen-bond donors (Lipinski definition) is 2. The maximum Gasteiger partial charge on any atom is 0.490 e. The SMILES string of the molecule is COC(=O)c1ncc(-c2ccc(N(c3cccc(-c4ccccc4)c3)c3cccc4ccccc34)cc2)cc1B(O)O. The van der Waals surface area contributed by atoms with Crippen LogP contribution >= 0.6 is 0 Å². The number of fused-ring (bicyclic) bond motifs is 1.